The van der Waals surface area contributed by atoms with E-state index in [-0.39, 0.29) is 24.4 Å². The van der Waals surface area contributed by atoms with Crippen LogP contribution in [0.3, 0.4) is 0 Å². The predicted octanol–water partition coefficient (Wildman–Crippen LogP) is 5.21. The second kappa shape index (κ2) is 10.2. The number of halogens is 6. The number of hydrogen-bond acceptors (Lipinski definition) is 5. The number of nitrogens with zero attached hydrogens (tertiary/aromatic N) is 2. The molecule has 1 aliphatic heterocycles. The number of ether oxygens (including phenoxy) is 1. The van der Waals surface area contributed by atoms with Crippen molar-refractivity contribution in [3.63, 3.8) is 0 Å². The maximum absolute atomic E-state index is 13.4. The van der Waals surface area contributed by atoms with E-state index in [0.717, 1.165) is 30.4 Å². The molecule has 1 fully saturated rings. The number of alkyl halides is 6. The molecule has 7 nitrogen and oxygen atoms in total. The monoisotopic (exact) mass is 560 g/mol. The summed E-state index contributed by atoms with van der Waals surface area (Å²) < 4.78 is 82.7. The molecule has 214 valence electrons. The third-order valence-electron chi connectivity index (χ3n) is 7.53. The molecule has 2 heterocycles. The van der Waals surface area contributed by atoms with Crippen LogP contribution < -0.4 is 15.4 Å². The van der Waals surface area contributed by atoms with Gasteiger partial charge in [-0.15, -0.1) is 0 Å². The highest BCUT2D eigenvalue weighted by Crippen LogP contribution is 2.45. The van der Waals surface area contributed by atoms with E-state index in [1.54, 1.807) is 18.2 Å². The number of aliphatic hydroxyl groups excluding tert-OH is 1. The van der Waals surface area contributed by atoms with E-state index in [1.165, 1.54) is 4.68 Å². The molecule has 1 aromatic heterocycles. The highest BCUT2D eigenvalue weighted by Gasteiger charge is 2.47. The molecule has 0 saturated heterocycles. The molecule has 1 saturated carbocycles. The Balaban J connectivity index is 1.35. The quantitative estimate of drug-likeness (QED) is 0.211. The molecule has 1 aromatic carbocycles. The van der Waals surface area contributed by atoms with Crippen LogP contribution in [0, 0.1) is 5.92 Å². The van der Waals surface area contributed by atoms with Crippen LogP contribution in [0.5, 0.6) is 5.75 Å². The summed E-state index contributed by atoms with van der Waals surface area (Å²) in [6.07, 6.45) is -8.92. The lowest BCUT2D eigenvalue weighted by molar-refractivity contribution is -0.150. The molecule has 3 aliphatic rings. The van der Waals surface area contributed by atoms with Crippen LogP contribution in [0.15, 0.2) is 18.2 Å². The molecule has 1 amide bonds. The molecular formula is C26H30F6N4O3. The van der Waals surface area contributed by atoms with Gasteiger partial charge >= 0.3 is 12.4 Å². The first-order valence-corrected chi connectivity index (χ1v) is 13.1. The number of aromatic nitrogens is 2. The number of carbonyl (C=O) groups excluding carboxylic acids is 1. The lowest BCUT2D eigenvalue weighted by Crippen LogP contribution is -2.50. The zero-order valence-corrected chi connectivity index (χ0v) is 21.1. The lowest BCUT2D eigenvalue weighted by Gasteiger charge is -2.35. The summed E-state index contributed by atoms with van der Waals surface area (Å²) in [6.45, 7) is 0.336. The first-order chi connectivity index (χ1) is 18.3. The van der Waals surface area contributed by atoms with Crippen LogP contribution >= 0.6 is 0 Å². The van der Waals surface area contributed by atoms with Crippen LogP contribution in [0.1, 0.15) is 72.1 Å². The Labute approximate surface area is 220 Å². The number of aliphatic hydroxyl groups is 1. The van der Waals surface area contributed by atoms with E-state index in [1.807, 2.05) is 0 Å². The Bertz CT molecular complexity index is 1220. The minimum absolute atomic E-state index is 0.0716. The van der Waals surface area contributed by atoms with Gasteiger partial charge in [0.1, 0.15) is 23.4 Å². The maximum Gasteiger partial charge on any atom is 0.393 e. The highest BCUT2D eigenvalue weighted by atomic mass is 19.4. The van der Waals surface area contributed by atoms with E-state index >= 15 is 0 Å². The first kappa shape index (κ1) is 27.6. The van der Waals surface area contributed by atoms with Gasteiger partial charge in [-0.25, -0.2) is 4.68 Å². The minimum atomic E-state index is -4.59. The van der Waals surface area contributed by atoms with Crippen LogP contribution in [0.25, 0.3) is 0 Å². The average Bonchev–Trinajstić information content (AvgIpc) is 3.51. The van der Waals surface area contributed by atoms with Crippen molar-refractivity contribution in [1.82, 2.24) is 15.1 Å². The van der Waals surface area contributed by atoms with Crippen LogP contribution in [-0.2, 0) is 24.9 Å². The number of hydrogen-bond donors (Lipinski definition) is 3. The Hall–Kier alpha value is -2.96. The van der Waals surface area contributed by atoms with E-state index in [9.17, 15) is 36.2 Å². The average molecular weight is 561 g/mol. The van der Waals surface area contributed by atoms with Crippen LogP contribution in [-0.4, -0.2) is 46.0 Å². The molecule has 0 bridgehead atoms. The molecule has 5 rings (SSSR count). The number of fused-ring (bicyclic) bond motifs is 3. The van der Waals surface area contributed by atoms with Gasteiger partial charge in [-0.2, -0.15) is 31.4 Å². The van der Waals surface area contributed by atoms with E-state index in [2.05, 4.69) is 15.7 Å². The van der Waals surface area contributed by atoms with Gasteiger partial charge in [0, 0.05) is 19.4 Å². The van der Waals surface area contributed by atoms with Crippen molar-refractivity contribution >= 4 is 11.7 Å². The fraction of sp³-hybridized carbons (Fsp3) is 0.615. The molecule has 13 heteroatoms. The van der Waals surface area contributed by atoms with Crippen molar-refractivity contribution in [2.45, 2.75) is 88.5 Å². The minimum Gasteiger partial charge on any atom is -0.494 e. The van der Waals surface area contributed by atoms with E-state index in [4.69, 9.17) is 4.74 Å². The van der Waals surface area contributed by atoms with Crippen molar-refractivity contribution in [2.24, 2.45) is 5.92 Å². The fourth-order valence-corrected chi connectivity index (χ4v) is 5.52. The zero-order valence-electron chi connectivity index (χ0n) is 21.1. The molecule has 1 spiro atoms. The summed E-state index contributed by atoms with van der Waals surface area (Å²) in [5, 5.41) is 20.2. The predicted molar refractivity (Wildman–Crippen MR) is 128 cm³/mol. The van der Waals surface area contributed by atoms with Gasteiger partial charge in [0.15, 0.2) is 0 Å². The molecule has 0 radical (unpaired) electrons. The number of carbonyl (C=O) groups is 1. The Morgan fingerprint density at radius 1 is 1.21 bits per heavy atom. The summed E-state index contributed by atoms with van der Waals surface area (Å²) in [6, 6.07) is 5.23. The Morgan fingerprint density at radius 3 is 2.67 bits per heavy atom. The maximum atomic E-state index is 13.4. The molecule has 2 aliphatic carbocycles. The number of benzene rings is 1. The lowest BCUT2D eigenvalue weighted by atomic mass is 9.82. The summed E-state index contributed by atoms with van der Waals surface area (Å²) in [5.41, 5.74) is 1.56. The summed E-state index contributed by atoms with van der Waals surface area (Å²) in [5.74, 6) is 0.558. The first-order valence-electron chi connectivity index (χ1n) is 13.1. The zero-order chi connectivity index (χ0) is 28.0. The van der Waals surface area contributed by atoms with Gasteiger partial charge in [-0.1, -0.05) is 18.9 Å². The number of anilines is 1. The third-order valence-corrected chi connectivity index (χ3v) is 7.53. The number of rotatable bonds is 10. The number of nitrogens with one attached hydrogen (secondary N) is 2. The summed E-state index contributed by atoms with van der Waals surface area (Å²) in [4.78, 5) is 13.4. The molecular weight excluding hydrogens is 530 g/mol. The van der Waals surface area contributed by atoms with Gasteiger partial charge in [0.2, 0.25) is 0 Å². The molecule has 1 unspecified atom stereocenters. The Morgan fingerprint density at radius 2 is 1.97 bits per heavy atom. The fourth-order valence-electron chi connectivity index (χ4n) is 5.52. The SMILES string of the molecule is O=C1N[C@@]2(CCc3cc(OCCCC(F)(F)F)ccc32)Cc2nn(CCC3CC3)c(NC(O)CC(F)(F)F)c21. The topological polar surface area (TPSA) is 88.4 Å². The van der Waals surface area contributed by atoms with Crippen molar-refractivity contribution in [2.75, 3.05) is 11.9 Å². The largest absolute Gasteiger partial charge is 0.494 e. The Kier molecular flexibility index (Phi) is 7.23. The van der Waals surface area contributed by atoms with Gasteiger partial charge in [-0.05, 0) is 54.9 Å². The van der Waals surface area contributed by atoms with E-state index < -0.39 is 42.9 Å². The number of amides is 1. The molecule has 2 atom stereocenters. The number of aryl methyl sites for hydroxylation is 2. The van der Waals surface area contributed by atoms with Crippen molar-refractivity contribution < 1.29 is 41.0 Å². The third kappa shape index (κ3) is 6.44. The van der Waals surface area contributed by atoms with Gasteiger partial charge < -0.3 is 20.5 Å². The summed E-state index contributed by atoms with van der Waals surface area (Å²) in [7, 11) is 0. The van der Waals surface area contributed by atoms with Crippen LogP contribution in [0.2, 0.25) is 0 Å². The normalized spacial score (nSPS) is 21.5. The van der Waals surface area contributed by atoms with E-state index in [0.29, 0.717) is 43.2 Å². The van der Waals surface area contributed by atoms with Gasteiger partial charge in [-0.3, -0.25) is 4.79 Å². The molecule has 3 N–H and O–H groups in total. The second-order valence-corrected chi connectivity index (χ2v) is 10.7. The van der Waals surface area contributed by atoms with Gasteiger partial charge in [0.05, 0.1) is 24.3 Å². The van der Waals surface area contributed by atoms with Crippen molar-refractivity contribution in [3.05, 3.63) is 40.6 Å². The highest BCUT2D eigenvalue weighted by molar-refractivity contribution is 6.02. The molecule has 39 heavy (non-hydrogen) atoms. The van der Waals surface area contributed by atoms with Gasteiger partial charge in [0.25, 0.3) is 5.91 Å². The molecule has 2 aromatic rings. The van der Waals surface area contributed by atoms with Crippen molar-refractivity contribution in [1.29, 1.82) is 0 Å². The standard InChI is InChI=1S/C26H30F6N4O3/c27-25(28,29)8-1-11-39-17-4-5-18-16(12-17)6-9-24(18)13-19-21(23(38)34-24)22(33-20(37)14-26(30,31)32)36(35-19)10-7-15-2-3-15/h4-5,12,15,20,33,37H,1-3,6-11,13-14H2,(H,34,38)/t20?,24-/m0/s1. The second-order valence-electron chi connectivity index (χ2n) is 10.7. The summed E-state index contributed by atoms with van der Waals surface area (Å²) >= 11 is 0. The van der Waals surface area contributed by atoms with Crippen molar-refractivity contribution in [3.8, 4) is 5.75 Å². The van der Waals surface area contributed by atoms with Crippen LogP contribution in [0.4, 0.5) is 32.2 Å². The smallest absolute Gasteiger partial charge is 0.393 e.